The number of benzene rings is 1. The van der Waals surface area contributed by atoms with Crippen molar-refractivity contribution in [1.29, 1.82) is 0 Å². The third kappa shape index (κ3) is 1.70. The van der Waals surface area contributed by atoms with Gasteiger partial charge in [-0.2, -0.15) is 5.10 Å². The second kappa shape index (κ2) is 3.71. The van der Waals surface area contributed by atoms with Gasteiger partial charge in [-0.1, -0.05) is 6.07 Å². The van der Waals surface area contributed by atoms with Crippen LogP contribution in [0.5, 0.6) is 0 Å². The highest BCUT2D eigenvalue weighted by Crippen LogP contribution is 2.19. The lowest BCUT2D eigenvalue weighted by molar-refractivity contribution is 0.769. The lowest BCUT2D eigenvalue weighted by Crippen LogP contribution is -1.95. The molecule has 3 rings (SSSR count). The number of imidazole rings is 1. The minimum absolute atomic E-state index is 0.536. The second-order valence-corrected chi connectivity index (χ2v) is 4.02. The van der Waals surface area contributed by atoms with Crippen LogP contribution in [-0.4, -0.2) is 19.7 Å². The Morgan fingerprint density at radius 1 is 1.35 bits per heavy atom. The standard InChI is InChI=1S/C12H13N5/c1-17-5-4-10(16-17)12-14-9-3-2-8(7-13)6-11(9)15-12/h2-6H,7,13H2,1H3,(H,14,15). The summed E-state index contributed by atoms with van der Waals surface area (Å²) in [7, 11) is 1.89. The molecule has 0 saturated carbocycles. The Morgan fingerprint density at radius 2 is 2.24 bits per heavy atom. The summed E-state index contributed by atoms with van der Waals surface area (Å²) in [5.41, 5.74) is 9.48. The molecule has 0 spiro atoms. The van der Waals surface area contributed by atoms with Gasteiger partial charge in [-0.25, -0.2) is 4.98 Å². The van der Waals surface area contributed by atoms with Crippen LogP contribution in [0.4, 0.5) is 0 Å². The first-order valence-corrected chi connectivity index (χ1v) is 5.45. The van der Waals surface area contributed by atoms with Gasteiger partial charge in [0.25, 0.3) is 0 Å². The van der Waals surface area contributed by atoms with E-state index in [4.69, 9.17) is 5.73 Å². The third-order valence-electron chi connectivity index (χ3n) is 2.74. The minimum atomic E-state index is 0.536. The van der Waals surface area contributed by atoms with Gasteiger partial charge in [0.15, 0.2) is 5.82 Å². The highest BCUT2D eigenvalue weighted by molar-refractivity contribution is 5.79. The molecule has 0 aliphatic rings. The molecule has 17 heavy (non-hydrogen) atoms. The van der Waals surface area contributed by atoms with Crippen molar-refractivity contribution < 1.29 is 0 Å². The molecule has 0 radical (unpaired) electrons. The van der Waals surface area contributed by atoms with Crippen molar-refractivity contribution in [2.45, 2.75) is 6.54 Å². The highest BCUT2D eigenvalue weighted by atomic mass is 15.3. The number of nitrogens with zero attached hydrogens (tertiary/aromatic N) is 3. The van der Waals surface area contributed by atoms with Gasteiger partial charge in [-0.15, -0.1) is 0 Å². The van der Waals surface area contributed by atoms with Crippen LogP contribution in [0.1, 0.15) is 5.56 Å². The second-order valence-electron chi connectivity index (χ2n) is 4.02. The van der Waals surface area contributed by atoms with E-state index in [0.29, 0.717) is 6.54 Å². The monoisotopic (exact) mass is 227 g/mol. The summed E-state index contributed by atoms with van der Waals surface area (Å²) in [5.74, 6) is 0.787. The first-order valence-electron chi connectivity index (χ1n) is 5.45. The van der Waals surface area contributed by atoms with Gasteiger partial charge in [0.05, 0.1) is 11.0 Å². The molecule has 0 unspecified atom stereocenters. The lowest BCUT2D eigenvalue weighted by Gasteiger charge is -1.94. The Morgan fingerprint density at radius 3 is 2.94 bits per heavy atom. The average Bonchev–Trinajstić information content (AvgIpc) is 2.93. The van der Waals surface area contributed by atoms with E-state index in [1.165, 1.54) is 0 Å². The minimum Gasteiger partial charge on any atom is -0.337 e. The predicted octanol–water partition coefficient (Wildman–Crippen LogP) is 1.42. The van der Waals surface area contributed by atoms with Gasteiger partial charge in [-0.05, 0) is 23.8 Å². The van der Waals surface area contributed by atoms with E-state index >= 15 is 0 Å². The van der Waals surface area contributed by atoms with Crippen LogP contribution in [0.15, 0.2) is 30.5 Å². The number of rotatable bonds is 2. The largest absolute Gasteiger partial charge is 0.337 e. The summed E-state index contributed by atoms with van der Waals surface area (Å²) >= 11 is 0. The van der Waals surface area contributed by atoms with Crippen LogP contribution in [0, 0.1) is 0 Å². The van der Waals surface area contributed by atoms with Crippen molar-refractivity contribution in [1.82, 2.24) is 19.7 Å². The smallest absolute Gasteiger partial charge is 0.159 e. The van der Waals surface area contributed by atoms with Crippen LogP contribution in [-0.2, 0) is 13.6 Å². The molecule has 0 fully saturated rings. The molecule has 0 atom stereocenters. The number of H-pyrrole nitrogens is 1. The summed E-state index contributed by atoms with van der Waals surface area (Å²) in [5, 5.41) is 4.32. The number of nitrogens with one attached hydrogen (secondary N) is 1. The van der Waals surface area contributed by atoms with E-state index in [0.717, 1.165) is 28.1 Å². The van der Waals surface area contributed by atoms with E-state index in [-0.39, 0.29) is 0 Å². The number of fused-ring (bicyclic) bond motifs is 1. The number of hydrogen-bond acceptors (Lipinski definition) is 3. The number of aromatic nitrogens is 4. The van der Waals surface area contributed by atoms with Gasteiger partial charge in [-0.3, -0.25) is 4.68 Å². The van der Waals surface area contributed by atoms with Crippen molar-refractivity contribution in [3.63, 3.8) is 0 Å². The van der Waals surface area contributed by atoms with Crippen molar-refractivity contribution in [2.75, 3.05) is 0 Å². The van der Waals surface area contributed by atoms with Crippen LogP contribution >= 0.6 is 0 Å². The molecule has 0 amide bonds. The number of hydrogen-bond donors (Lipinski definition) is 2. The molecule has 0 aliphatic heterocycles. The summed E-state index contributed by atoms with van der Waals surface area (Å²) < 4.78 is 1.76. The van der Waals surface area contributed by atoms with Gasteiger partial charge >= 0.3 is 0 Å². The van der Waals surface area contributed by atoms with Gasteiger partial charge < -0.3 is 10.7 Å². The molecular formula is C12H13N5. The van der Waals surface area contributed by atoms with E-state index in [2.05, 4.69) is 15.1 Å². The predicted molar refractivity (Wildman–Crippen MR) is 66.2 cm³/mol. The highest BCUT2D eigenvalue weighted by Gasteiger charge is 2.07. The maximum absolute atomic E-state index is 5.61. The summed E-state index contributed by atoms with van der Waals surface area (Å²) in [6.45, 7) is 0.536. The normalized spacial score (nSPS) is 11.2. The number of aromatic amines is 1. The Bertz CT molecular complexity index is 664. The van der Waals surface area contributed by atoms with Crippen molar-refractivity contribution in [2.24, 2.45) is 12.8 Å². The van der Waals surface area contributed by atoms with Crippen molar-refractivity contribution in [3.05, 3.63) is 36.0 Å². The van der Waals surface area contributed by atoms with Gasteiger partial charge in [0.1, 0.15) is 5.69 Å². The Labute approximate surface area is 98.3 Å². The maximum atomic E-state index is 5.61. The molecule has 0 aliphatic carbocycles. The van der Waals surface area contributed by atoms with Crippen molar-refractivity contribution in [3.8, 4) is 11.5 Å². The van der Waals surface area contributed by atoms with Crippen LogP contribution in [0.25, 0.3) is 22.6 Å². The fraction of sp³-hybridized carbons (Fsp3) is 0.167. The van der Waals surface area contributed by atoms with Crippen LogP contribution in [0.2, 0.25) is 0 Å². The summed E-state index contributed by atoms with van der Waals surface area (Å²) in [6.07, 6.45) is 1.90. The Kier molecular flexibility index (Phi) is 2.19. The van der Waals surface area contributed by atoms with Crippen LogP contribution in [0.3, 0.4) is 0 Å². The molecule has 2 aromatic heterocycles. The molecule has 1 aromatic carbocycles. The zero-order valence-corrected chi connectivity index (χ0v) is 9.51. The average molecular weight is 227 g/mol. The molecule has 3 aromatic rings. The first-order chi connectivity index (χ1) is 8.26. The Balaban J connectivity index is 2.13. The topological polar surface area (TPSA) is 72.5 Å². The summed E-state index contributed by atoms with van der Waals surface area (Å²) in [4.78, 5) is 7.76. The fourth-order valence-electron chi connectivity index (χ4n) is 1.85. The number of nitrogens with two attached hydrogens (primary N) is 1. The lowest BCUT2D eigenvalue weighted by atomic mass is 10.2. The maximum Gasteiger partial charge on any atom is 0.159 e. The Hall–Kier alpha value is -2.14. The fourth-order valence-corrected chi connectivity index (χ4v) is 1.85. The van der Waals surface area contributed by atoms with E-state index < -0.39 is 0 Å². The molecule has 86 valence electrons. The van der Waals surface area contributed by atoms with Crippen LogP contribution < -0.4 is 5.73 Å². The molecule has 5 nitrogen and oxygen atoms in total. The first kappa shape index (κ1) is 10.0. The van der Waals surface area contributed by atoms with Gasteiger partial charge in [0.2, 0.25) is 0 Å². The molecule has 0 bridgehead atoms. The zero-order valence-electron chi connectivity index (χ0n) is 9.51. The van der Waals surface area contributed by atoms with Gasteiger partial charge in [0, 0.05) is 19.8 Å². The third-order valence-corrected chi connectivity index (χ3v) is 2.74. The molecule has 5 heteroatoms. The molecule has 3 N–H and O–H groups in total. The molecule has 0 saturated heterocycles. The van der Waals surface area contributed by atoms with E-state index in [9.17, 15) is 0 Å². The SMILES string of the molecule is Cn1ccc(-c2nc3ccc(CN)cc3[nH]2)n1. The van der Waals surface area contributed by atoms with E-state index in [1.807, 2.05) is 37.5 Å². The summed E-state index contributed by atoms with van der Waals surface area (Å²) in [6, 6.07) is 7.92. The number of aryl methyl sites for hydroxylation is 1. The quantitative estimate of drug-likeness (QED) is 0.695. The van der Waals surface area contributed by atoms with Crippen molar-refractivity contribution >= 4 is 11.0 Å². The zero-order chi connectivity index (χ0) is 11.8. The van der Waals surface area contributed by atoms with E-state index in [1.54, 1.807) is 4.68 Å². The molecular weight excluding hydrogens is 214 g/mol. The molecule has 2 heterocycles.